The van der Waals surface area contributed by atoms with Gasteiger partial charge in [-0.1, -0.05) is 60.6 Å². The molecule has 8 nitrogen and oxygen atoms in total. The Morgan fingerprint density at radius 1 is 1.11 bits per heavy atom. The van der Waals surface area contributed by atoms with E-state index in [0.717, 1.165) is 11.3 Å². The summed E-state index contributed by atoms with van der Waals surface area (Å²) in [5.41, 5.74) is 0.958. The Hall–Kier alpha value is -1.75. The van der Waals surface area contributed by atoms with Gasteiger partial charge in [0.05, 0.1) is 51.8 Å². The number of ether oxygens (including phenoxy) is 4. The first kappa shape index (κ1) is 30.8. The molecular weight excluding hydrogens is 504 g/mol. The molecule has 2 heterocycles. The van der Waals surface area contributed by atoms with Crippen LogP contribution >= 0.6 is 0 Å². The molecule has 0 aromatic heterocycles. The van der Waals surface area contributed by atoms with E-state index in [1.54, 1.807) is 13.2 Å². The molecule has 1 aromatic rings. The molecule has 0 spiro atoms. The molecule has 2 saturated heterocycles. The summed E-state index contributed by atoms with van der Waals surface area (Å²) in [6.07, 6.45) is 1.17. The molecule has 3 rings (SSSR count). The number of esters is 1. The molecule has 0 unspecified atom stereocenters. The van der Waals surface area contributed by atoms with Crippen LogP contribution in [0, 0.1) is 5.92 Å². The van der Waals surface area contributed by atoms with E-state index >= 15 is 0 Å². The van der Waals surface area contributed by atoms with Crippen LogP contribution in [0.1, 0.15) is 60.5 Å². The Balaban J connectivity index is 1.75. The highest BCUT2D eigenvalue weighted by molar-refractivity contribution is 6.73. The maximum atomic E-state index is 11.8. The predicted octanol–water partition coefficient (Wildman–Crippen LogP) is 4.92. The normalized spacial score (nSPS) is 27.4. The first-order valence-electron chi connectivity index (χ1n) is 13.4. The minimum absolute atomic E-state index is 0.148. The van der Waals surface area contributed by atoms with Gasteiger partial charge in [0.1, 0.15) is 11.9 Å². The van der Waals surface area contributed by atoms with Gasteiger partial charge in [-0.25, -0.2) is 4.79 Å². The Kier molecular flexibility index (Phi) is 9.87. The van der Waals surface area contributed by atoms with Gasteiger partial charge in [-0.05, 0) is 23.8 Å². The van der Waals surface area contributed by atoms with Gasteiger partial charge in [0.2, 0.25) is 0 Å². The van der Waals surface area contributed by atoms with Crippen LogP contribution < -0.4 is 4.74 Å². The van der Waals surface area contributed by atoms with Gasteiger partial charge in [0.25, 0.3) is 0 Å². The monoisotopic (exact) mass is 550 g/mol. The lowest BCUT2D eigenvalue weighted by atomic mass is 9.87. The van der Waals surface area contributed by atoms with Crippen molar-refractivity contribution in [2.24, 2.45) is 5.92 Å². The van der Waals surface area contributed by atoms with E-state index in [0.29, 0.717) is 19.6 Å². The van der Waals surface area contributed by atoms with Crippen LogP contribution in [0.25, 0.3) is 0 Å². The molecule has 1 aromatic carbocycles. The minimum Gasteiger partial charge on any atom is -0.497 e. The third-order valence-corrected chi connectivity index (χ3v) is 12.8. The summed E-state index contributed by atoms with van der Waals surface area (Å²) in [5, 5.41) is 11.0. The molecule has 0 aliphatic carbocycles. The second-order valence-corrected chi connectivity index (χ2v) is 17.1. The van der Waals surface area contributed by atoms with Gasteiger partial charge in [0.15, 0.2) is 0 Å². The maximum Gasteiger partial charge on any atom is 0.349 e. The van der Waals surface area contributed by atoms with E-state index in [4.69, 9.17) is 27.8 Å². The molecule has 0 radical (unpaired) electrons. The lowest BCUT2D eigenvalue weighted by Crippen LogP contribution is -2.68. The zero-order chi connectivity index (χ0) is 28.3. The fourth-order valence-electron chi connectivity index (χ4n) is 5.73. The van der Waals surface area contributed by atoms with Crippen molar-refractivity contribution in [3.8, 4) is 5.75 Å². The first-order valence-corrected chi connectivity index (χ1v) is 15.2. The fraction of sp³-hybridized carbons (Fsp3) is 0.690. The number of carbonyl (C=O) groups is 1. The Labute approximate surface area is 228 Å². The molecule has 1 N–H and O–H groups in total. The molecule has 2 aliphatic heterocycles. The standard InChI is InChI=1S/C29H46O8Si/c1-19(23(14-15-26(31)33-9)34-17-20-10-12-21(32-8)13-11-20)27-22(30)16-24-25(36-27)18-35-38(37-24,28(2,3)4)29(5,6)7/h10-15,19,22-25,27,30H,16-18H2,1-9H3/b15-14+/t19-,22+,23+,24-,25-,27+/m1/s1. The average molecular weight is 551 g/mol. The van der Waals surface area contributed by atoms with E-state index in [9.17, 15) is 9.90 Å². The van der Waals surface area contributed by atoms with Crippen LogP contribution in [0.15, 0.2) is 36.4 Å². The van der Waals surface area contributed by atoms with Gasteiger partial charge in [0, 0.05) is 28.5 Å². The van der Waals surface area contributed by atoms with Crippen LogP contribution in [-0.2, 0) is 34.5 Å². The highest BCUT2D eigenvalue weighted by Gasteiger charge is 2.63. The number of benzene rings is 1. The molecule has 6 atom stereocenters. The lowest BCUT2D eigenvalue weighted by molar-refractivity contribution is -0.218. The van der Waals surface area contributed by atoms with Crippen molar-refractivity contribution in [2.45, 2.75) is 102 Å². The molecule has 0 amide bonds. The fourth-order valence-corrected chi connectivity index (χ4v) is 10.7. The van der Waals surface area contributed by atoms with Gasteiger partial charge < -0.3 is 32.9 Å². The van der Waals surface area contributed by atoms with E-state index in [2.05, 4.69) is 41.5 Å². The summed E-state index contributed by atoms with van der Waals surface area (Å²) in [4.78, 5) is 11.8. The molecule has 2 aliphatic rings. The van der Waals surface area contributed by atoms with Crippen molar-refractivity contribution in [1.29, 1.82) is 0 Å². The number of hydrogen-bond donors (Lipinski definition) is 1. The highest BCUT2D eigenvalue weighted by Crippen LogP contribution is 2.55. The number of methoxy groups -OCH3 is 2. The van der Waals surface area contributed by atoms with E-state index in [-0.39, 0.29) is 28.2 Å². The van der Waals surface area contributed by atoms with Gasteiger partial charge in [-0.2, -0.15) is 0 Å². The second-order valence-electron chi connectivity index (χ2n) is 12.4. The number of fused-ring (bicyclic) bond motifs is 1. The molecular formula is C29H46O8Si. The Morgan fingerprint density at radius 2 is 1.74 bits per heavy atom. The highest BCUT2D eigenvalue weighted by atomic mass is 28.4. The second kappa shape index (κ2) is 12.2. The minimum atomic E-state index is -2.67. The Morgan fingerprint density at radius 3 is 2.29 bits per heavy atom. The smallest absolute Gasteiger partial charge is 0.349 e. The molecule has 0 saturated carbocycles. The lowest BCUT2D eigenvalue weighted by Gasteiger charge is -2.56. The third-order valence-electron chi connectivity index (χ3n) is 7.60. The average Bonchev–Trinajstić information content (AvgIpc) is 2.86. The van der Waals surface area contributed by atoms with Crippen LogP contribution in [0.3, 0.4) is 0 Å². The van der Waals surface area contributed by atoms with Crippen molar-refractivity contribution < 1.29 is 37.7 Å². The topological polar surface area (TPSA) is 92.7 Å². The summed E-state index contributed by atoms with van der Waals surface area (Å²) >= 11 is 0. The number of hydrogen-bond acceptors (Lipinski definition) is 8. The predicted molar refractivity (Wildman–Crippen MR) is 147 cm³/mol. The first-order chi connectivity index (χ1) is 17.7. The molecule has 2 fully saturated rings. The summed E-state index contributed by atoms with van der Waals surface area (Å²) in [5.74, 6) is 0.0267. The Bertz CT molecular complexity index is 935. The summed E-state index contributed by atoms with van der Waals surface area (Å²) in [6.45, 7) is 15.8. The summed E-state index contributed by atoms with van der Waals surface area (Å²) < 4.78 is 36.1. The van der Waals surface area contributed by atoms with Crippen molar-refractivity contribution in [3.05, 3.63) is 42.0 Å². The van der Waals surface area contributed by atoms with Crippen LogP contribution in [0.2, 0.25) is 10.1 Å². The molecule has 9 heteroatoms. The number of carbonyl (C=O) groups excluding carboxylic acids is 1. The summed E-state index contributed by atoms with van der Waals surface area (Å²) in [6, 6.07) is 7.60. The SMILES string of the molecule is COC(=O)/C=C/[C@H](OCc1ccc(OC)cc1)[C@@H](C)[C@@H]1O[C@@H]2CO[Si](C(C)(C)C)(C(C)(C)C)O[C@@H]2C[C@@H]1O. The van der Waals surface area contributed by atoms with Crippen molar-refractivity contribution >= 4 is 14.5 Å². The van der Waals surface area contributed by atoms with Gasteiger partial charge in [-0.15, -0.1) is 0 Å². The zero-order valence-electron chi connectivity index (χ0n) is 24.4. The quantitative estimate of drug-likeness (QED) is 0.277. The van der Waals surface area contributed by atoms with Crippen molar-refractivity contribution in [3.63, 3.8) is 0 Å². The van der Waals surface area contributed by atoms with Crippen molar-refractivity contribution in [1.82, 2.24) is 0 Å². The van der Waals surface area contributed by atoms with Gasteiger partial charge in [-0.3, -0.25) is 0 Å². The van der Waals surface area contributed by atoms with Crippen LogP contribution in [0.5, 0.6) is 5.75 Å². The number of rotatable bonds is 8. The largest absolute Gasteiger partial charge is 0.497 e. The van der Waals surface area contributed by atoms with E-state index in [1.165, 1.54) is 13.2 Å². The number of aliphatic hydroxyl groups is 1. The summed E-state index contributed by atoms with van der Waals surface area (Å²) in [7, 11) is 0.286. The third kappa shape index (κ3) is 6.69. The molecule has 214 valence electrons. The van der Waals surface area contributed by atoms with E-state index in [1.807, 2.05) is 31.2 Å². The molecule has 38 heavy (non-hydrogen) atoms. The van der Waals surface area contributed by atoms with Crippen molar-refractivity contribution in [2.75, 3.05) is 20.8 Å². The van der Waals surface area contributed by atoms with Gasteiger partial charge >= 0.3 is 14.5 Å². The van der Waals surface area contributed by atoms with Crippen LogP contribution in [0.4, 0.5) is 0 Å². The molecule has 0 bridgehead atoms. The zero-order valence-corrected chi connectivity index (χ0v) is 25.4. The maximum absolute atomic E-state index is 11.8. The number of aliphatic hydroxyl groups excluding tert-OH is 1. The van der Waals surface area contributed by atoms with Crippen LogP contribution in [-0.4, -0.2) is 71.0 Å². The van der Waals surface area contributed by atoms with E-state index < -0.39 is 32.8 Å².